The van der Waals surface area contributed by atoms with E-state index in [1.54, 1.807) is 24.3 Å². The van der Waals surface area contributed by atoms with E-state index in [9.17, 15) is 24.1 Å². The number of benzene rings is 2. The molecule has 2 rings (SSSR count). The molecule has 27 heavy (non-hydrogen) atoms. The second-order valence-corrected chi connectivity index (χ2v) is 5.85. The summed E-state index contributed by atoms with van der Waals surface area (Å²) in [5.74, 6) is -2.32. The van der Waals surface area contributed by atoms with Gasteiger partial charge < -0.3 is 15.0 Å². The molecule has 2 aromatic carbocycles. The van der Waals surface area contributed by atoms with E-state index in [1.807, 2.05) is 0 Å². The lowest BCUT2D eigenvalue weighted by Gasteiger charge is -2.17. The predicted molar refractivity (Wildman–Crippen MR) is 96.3 cm³/mol. The highest BCUT2D eigenvalue weighted by atomic mass is 35.5. The molecule has 1 N–H and O–H groups in total. The zero-order valence-corrected chi connectivity index (χ0v) is 14.9. The van der Waals surface area contributed by atoms with Gasteiger partial charge in [0.15, 0.2) is 18.2 Å². The molecule has 8 nitrogen and oxygen atoms in total. The van der Waals surface area contributed by atoms with Crippen molar-refractivity contribution in [3.05, 3.63) is 63.4 Å². The van der Waals surface area contributed by atoms with Crippen LogP contribution in [0.4, 0.5) is 15.8 Å². The molecule has 0 aliphatic rings. The monoisotopic (exact) mass is 395 g/mol. The normalized spacial score (nSPS) is 10.2. The number of non-ortho nitro benzene ring substituents is 1. The maximum Gasteiger partial charge on any atom is 0.272 e. The molecule has 0 unspecified atom stereocenters. The summed E-state index contributed by atoms with van der Waals surface area (Å²) in [6.45, 7) is -0.805. The number of ether oxygens (including phenoxy) is 1. The van der Waals surface area contributed by atoms with Crippen molar-refractivity contribution in [2.75, 3.05) is 25.5 Å². The first-order valence-corrected chi connectivity index (χ1v) is 8.01. The minimum absolute atomic E-state index is 0.268. The van der Waals surface area contributed by atoms with Gasteiger partial charge in [0.05, 0.1) is 28.2 Å². The quantitative estimate of drug-likeness (QED) is 0.573. The Hall–Kier alpha value is -3.20. The third-order valence-corrected chi connectivity index (χ3v) is 3.76. The van der Waals surface area contributed by atoms with E-state index in [-0.39, 0.29) is 12.3 Å². The molecule has 0 heterocycles. The summed E-state index contributed by atoms with van der Waals surface area (Å²) in [6.07, 6.45) is 0. The molecule has 0 radical (unpaired) electrons. The van der Waals surface area contributed by atoms with Gasteiger partial charge in [0.2, 0.25) is 5.91 Å². The average molecular weight is 396 g/mol. The largest absolute Gasteiger partial charge is 0.481 e. The SMILES string of the molecule is CN(CC(=O)Nc1ccccc1Cl)C(=O)COc1ccc([N+](=O)[O-])cc1F. The molecule has 2 aromatic rings. The number of hydrogen-bond acceptors (Lipinski definition) is 5. The van der Waals surface area contributed by atoms with Gasteiger partial charge in [-0.15, -0.1) is 0 Å². The van der Waals surface area contributed by atoms with Crippen molar-refractivity contribution < 1.29 is 23.6 Å². The number of nitro groups is 1. The number of rotatable bonds is 7. The third kappa shape index (κ3) is 5.65. The second-order valence-electron chi connectivity index (χ2n) is 5.44. The van der Waals surface area contributed by atoms with Gasteiger partial charge in [-0.25, -0.2) is 4.39 Å². The molecule has 0 aliphatic carbocycles. The number of nitrogens with one attached hydrogen (secondary N) is 1. The summed E-state index contributed by atoms with van der Waals surface area (Å²) >= 11 is 5.94. The summed E-state index contributed by atoms with van der Waals surface area (Å²) in [5, 5.41) is 13.5. The predicted octanol–water partition coefficient (Wildman–Crippen LogP) is 2.86. The van der Waals surface area contributed by atoms with Crippen LogP contribution in [0.2, 0.25) is 5.02 Å². The van der Waals surface area contributed by atoms with Gasteiger partial charge in [-0.2, -0.15) is 0 Å². The van der Waals surface area contributed by atoms with Crippen molar-refractivity contribution in [2.45, 2.75) is 0 Å². The molecule has 0 bridgehead atoms. The van der Waals surface area contributed by atoms with E-state index in [1.165, 1.54) is 7.05 Å². The van der Waals surface area contributed by atoms with Crippen LogP contribution in [0.25, 0.3) is 0 Å². The summed E-state index contributed by atoms with van der Waals surface area (Å²) in [7, 11) is 1.38. The number of nitro benzene ring substituents is 1. The number of hydrogen-bond donors (Lipinski definition) is 1. The molecule has 0 aromatic heterocycles. The molecule has 142 valence electrons. The van der Waals surface area contributed by atoms with Crippen LogP contribution >= 0.6 is 11.6 Å². The van der Waals surface area contributed by atoms with Crippen molar-refractivity contribution in [1.82, 2.24) is 4.90 Å². The van der Waals surface area contributed by atoms with Gasteiger partial charge in [0.25, 0.3) is 11.6 Å². The first-order valence-electron chi connectivity index (χ1n) is 7.63. The molecule has 0 fully saturated rings. The van der Waals surface area contributed by atoms with Crippen LogP contribution in [0.3, 0.4) is 0 Å². The Labute approximate surface area is 158 Å². The molecule has 0 aliphatic heterocycles. The third-order valence-electron chi connectivity index (χ3n) is 3.43. The maximum absolute atomic E-state index is 13.7. The number of nitrogens with zero attached hydrogens (tertiary/aromatic N) is 2. The Kier molecular flexibility index (Phi) is 6.67. The Morgan fingerprint density at radius 2 is 2.00 bits per heavy atom. The van der Waals surface area contributed by atoms with Gasteiger partial charge >= 0.3 is 0 Å². The van der Waals surface area contributed by atoms with Gasteiger partial charge in [0.1, 0.15) is 0 Å². The maximum atomic E-state index is 13.7. The lowest BCUT2D eigenvalue weighted by atomic mass is 10.3. The lowest BCUT2D eigenvalue weighted by Crippen LogP contribution is -2.37. The van der Waals surface area contributed by atoms with E-state index < -0.39 is 34.8 Å². The topological polar surface area (TPSA) is 102 Å². The minimum Gasteiger partial charge on any atom is -0.481 e. The Morgan fingerprint density at radius 1 is 1.30 bits per heavy atom. The summed E-state index contributed by atoms with van der Waals surface area (Å²) in [4.78, 5) is 34.9. The van der Waals surface area contributed by atoms with Crippen molar-refractivity contribution in [2.24, 2.45) is 0 Å². The number of carbonyl (C=O) groups is 2. The molecule has 0 saturated heterocycles. The first-order chi connectivity index (χ1) is 12.8. The van der Waals surface area contributed by atoms with Crippen LogP contribution in [0.5, 0.6) is 5.75 Å². The smallest absolute Gasteiger partial charge is 0.272 e. The van der Waals surface area contributed by atoms with Gasteiger partial charge in [-0.05, 0) is 18.2 Å². The van der Waals surface area contributed by atoms with Crippen molar-refractivity contribution >= 4 is 34.8 Å². The van der Waals surface area contributed by atoms with Crippen LogP contribution in [0.1, 0.15) is 0 Å². The standard InChI is InChI=1S/C17H15ClFN3O5/c1-21(9-16(23)20-14-5-3-2-4-12(14)18)17(24)10-27-15-7-6-11(22(25)26)8-13(15)19/h2-8H,9-10H2,1H3,(H,20,23). The van der Waals surface area contributed by atoms with E-state index >= 15 is 0 Å². The van der Waals surface area contributed by atoms with Crippen molar-refractivity contribution in [3.63, 3.8) is 0 Å². The van der Waals surface area contributed by atoms with Gasteiger partial charge in [0, 0.05) is 13.1 Å². The van der Waals surface area contributed by atoms with Crippen molar-refractivity contribution in [3.8, 4) is 5.75 Å². The Balaban J connectivity index is 1.87. The molecule has 0 atom stereocenters. The number of likely N-dealkylation sites (N-methyl/N-ethyl adjacent to an activating group) is 1. The van der Waals surface area contributed by atoms with E-state index in [4.69, 9.17) is 16.3 Å². The zero-order valence-electron chi connectivity index (χ0n) is 14.1. The number of halogens is 2. The first kappa shape index (κ1) is 20.1. The molecular formula is C17H15ClFN3O5. The fraction of sp³-hybridized carbons (Fsp3) is 0.176. The summed E-state index contributed by atoms with van der Waals surface area (Å²) < 4.78 is 18.8. The van der Waals surface area contributed by atoms with Gasteiger partial charge in [-0.1, -0.05) is 23.7 Å². The van der Waals surface area contributed by atoms with E-state index in [2.05, 4.69) is 5.32 Å². The number of carbonyl (C=O) groups excluding carboxylic acids is 2. The number of amides is 2. The molecular weight excluding hydrogens is 381 g/mol. The van der Waals surface area contributed by atoms with Crippen LogP contribution in [-0.2, 0) is 9.59 Å². The average Bonchev–Trinajstić information content (AvgIpc) is 2.62. The van der Waals surface area contributed by atoms with Crippen LogP contribution in [0, 0.1) is 15.9 Å². The van der Waals surface area contributed by atoms with Crippen LogP contribution in [0.15, 0.2) is 42.5 Å². The van der Waals surface area contributed by atoms with Crippen LogP contribution in [-0.4, -0.2) is 41.8 Å². The Bertz CT molecular complexity index is 877. The molecule has 10 heteroatoms. The highest BCUT2D eigenvalue weighted by Crippen LogP contribution is 2.22. The molecule has 2 amide bonds. The molecule has 0 spiro atoms. The van der Waals surface area contributed by atoms with E-state index in [0.717, 1.165) is 17.0 Å². The summed E-state index contributed by atoms with van der Waals surface area (Å²) in [5.41, 5.74) is -0.0197. The highest BCUT2D eigenvalue weighted by molar-refractivity contribution is 6.33. The fourth-order valence-electron chi connectivity index (χ4n) is 2.03. The minimum atomic E-state index is -0.962. The highest BCUT2D eigenvalue weighted by Gasteiger charge is 2.17. The van der Waals surface area contributed by atoms with Gasteiger partial charge in [-0.3, -0.25) is 19.7 Å². The zero-order chi connectivity index (χ0) is 20.0. The Morgan fingerprint density at radius 3 is 2.63 bits per heavy atom. The fourth-order valence-corrected chi connectivity index (χ4v) is 2.21. The lowest BCUT2D eigenvalue weighted by molar-refractivity contribution is -0.385. The van der Waals surface area contributed by atoms with Crippen LogP contribution < -0.4 is 10.1 Å². The van der Waals surface area contributed by atoms with Crippen molar-refractivity contribution in [1.29, 1.82) is 0 Å². The summed E-state index contributed by atoms with van der Waals surface area (Å²) in [6, 6.07) is 9.45. The number of anilines is 1. The molecule has 0 saturated carbocycles. The number of para-hydroxylation sites is 1. The van der Waals surface area contributed by atoms with E-state index in [0.29, 0.717) is 16.8 Å². The second kappa shape index (κ2) is 8.95.